The fourth-order valence-electron chi connectivity index (χ4n) is 2.35. The van der Waals surface area contributed by atoms with E-state index in [1.807, 2.05) is 0 Å². The van der Waals surface area contributed by atoms with Crippen LogP contribution >= 0.6 is 0 Å². The van der Waals surface area contributed by atoms with Crippen molar-refractivity contribution in [3.63, 3.8) is 0 Å². The van der Waals surface area contributed by atoms with Crippen molar-refractivity contribution in [2.75, 3.05) is 25.0 Å². The fraction of sp³-hybridized carbons (Fsp3) is 0.429. The van der Waals surface area contributed by atoms with Gasteiger partial charge in [0.05, 0.1) is 13.2 Å². The number of hydrogen-bond acceptors (Lipinski definition) is 4. The number of halogens is 1. The molecule has 7 heteroatoms. The molecule has 1 aliphatic heterocycles. The Hall–Kier alpha value is -2.31. The van der Waals surface area contributed by atoms with Gasteiger partial charge < -0.3 is 20.1 Å². The molecule has 1 aliphatic rings. The maximum atomic E-state index is 13.9. The van der Waals surface area contributed by atoms with Gasteiger partial charge in [-0.05, 0) is 31.0 Å². The van der Waals surface area contributed by atoms with E-state index in [0.717, 1.165) is 5.56 Å². The van der Waals surface area contributed by atoms with E-state index in [9.17, 15) is 14.0 Å². The lowest BCUT2D eigenvalue weighted by Gasteiger charge is -2.28. The summed E-state index contributed by atoms with van der Waals surface area (Å²) in [6, 6.07) is 2.83. The van der Waals surface area contributed by atoms with Crippen molar-refractivity contribution >= 4 is 17.7 Å². The van der Waals surface area contributed by atoms with Gasteiger partial charge in [0.25, 0.3) is 0 Å². The first-order chi connectivity index (χ1) is 10.0. The van der Waals surface area contributed by atoms with Crippen molar-refractivity contribution in [2.24, 2.45) is 0 Å². The van der Waals surface area contributed by atoms with Crippen molar-refractivity contribution in [1.82, 2.24) is 4.90 Å². The molecule has 1 aromatic carbocycles. The highest BCUT2D eigenvalue weighted by atomic mass is 19.1. The predicted molar refractivity (Wildman–Crippen MR) is 73.7 cm³/mol. The Balaban J connectivity index is 2.16. The van der Waals surface area contributed by atoms with Crippen LogP contribution in [0.15, 0.2) is 12.1 Å². The van der Waals surface area contributed by atoms with Gasteiger partial charge >= 0.3 is 12.1 Å². The van der Waals surface area contributed by atoms with Gasteiger partial charge in [0.2, 0.25) is 0 Å². The number of nitrogens with zero attached hydrogens (tertiary/aromatic N) is 1. The van der Waals surface area contributed by atoms with Crippen LogP contribution < -0.4 is 5.32 Å². The fourth-order valence-corrected chi connectivity index (χ4v) is 2.35. The van der Waals surface area contributed by atoms with Crippen molar-refractivity contribution in [2.45, 2.75) is 19.9 Å². The van der Waals surface area contributed by atoms with Crippen LogP contribution in [0.2, 0.25) is 0 Å². The van der Waals surface area contributed by atoms with E-state index in [1.165, 1.54) is 11.0 Å². The number of anilines is 1. The molecule has 0 bridgehead atoms. The predicted octanol–water partition coefficient (Wildman–Crippen LogP) is 1.84. The SMILES string of the molecule is CCOC(=O)CNc1ccc(F)c2c1CCN(C(=O)O)C2. The summed E-state index contributed by atoms with van der Waals surface area (Å²) >= 11 is 0. The second-order valence-corrected chi connectivity index (χ2v) is 4.66. The molecule has 114 valence electrons. The van der Waals surface area contributed by atoms with Crippen LogP contribution in [0.1, 0.15) is 18.1 Å². The number of ether oxygens (including phenoxy) is 1. The highest BCUT2D eigenvalue weighted by Gasteiger charge is 2.24. The molecule has 0 fully saturated rings. The molecule has 0 spiro atoms. The number of hydrogen-bond donors (Lipinski definition) is 2. The van der Waals surface area contributed by atoms with E-state index in [2.05, 4.69) is 5.32 Å². The van der Waals surface area contributed by atoms with Gasteiger partial charge in [-0.15, -0.1) is 0 Å². The number of carbonyl (C=O) groups excluding carboxylic acids is 1. The van der Waals surface area contributed by atoms with Crippen LogP contribution in [0.5, 0.6) is 0 Å². The smallest absolute Gasteiger partial charge is 0.407 e. The summed E-state index contributed by atoms with van der Waals surface area (Å²) in [7, 11) is 0. The average molecular weight is 296 g/mol. The molecule has 0 saturated heterocycles. The first-order valence-electron chi connectivity index (χ1n) is 6.70. The minimum atomic E-state index is -1.06. The molecule has 21 heavy (non-hydrogen) atoms. The second kappa shape index (κ2) is 6.43. The third-order valence-electron chi connectivity index (χ3n) is 3.35. The molecule has 0 atom stereocenters. The lowest BCUT2D eigenvalue weighted by molar-refractivity contribution is -0.140. The summed E-state index contributed by atoms with van der Waals surface area (Å²) < 4.78 is 18.7. The lowest BCUT2D eigenvalue weighted by Crippen LogP contribution is -2.35. The van der Waals surface area contributed by atoms with E-state index < -0.39 is 17.9 Å². The second-order valence-electron chi connectivity index (χ2n) is 4.66. The number of amides is 1. The zero-order chi connectivity index (χ0) is 15.4. The summed E-state index contributed by atoms with van der Waals surface area (Å²) in [4.78, 5) is 23.5. The van der Waals surface area contributed by atoms with Gasteiger partial charge in [0.15, 0.2) is 0 Å². The van der Waals surface area contributed by atoms with Gasteiger partial charge in [-0.1, -0.05) is 0 Å². The summed E-state index contributed by atoms with van der Waals surface area (Å²) in [5.41, 5.74) is 1.72. The first-order valence-corrected chi connectivity index (χ1v) is 6.70. The molecule has 1 amide bonds. The Morgan fingerprint density at radius 3 is 2.86 bits per heavy atom. The minimum Gasteiger partial charge on any atom is -0.465 e. The van der Waals surface area contributed by atoms with Gasteiger partial charge in [-0.25, -0.2) is 9.18 Å². The molecule has 2 N–H and O–H groups in total. The molecular formula is C14H17FN2O4. The Morgan fingerprint density at radius 2 is 2.19 bits per heavy atom. The molecule has 1 heterocycles. The molecule has 0 aromatic heterocycles. The van der Waals surface area contributed by atoms with Crippen molar-refractivity contribution in [1.29, 1.82) is 0 Å². The van der Waals surface area contributed by atoms with Gasteiger partial charge in [0.1, 0.15) is 12.4 Å². The molecular weight excluding hydrogens is 279 g/mol. The highest BCUT2D eigenvalue weighted by Crippen LogP contribution is 2.28. The molecule has 0 aliphatic carbocycles. The maximum Gasteiger partial charge on any atom is 0.407 e. The monoisotopic (exact) mass is 296 g/mol. The Kier molecular flexibility index (Phi) is 4.62. The molecule has 2 rings (SSSR count). The van der Waals surface area contributed by atoms with E-state index >= 15 is 0 Å². The van der Waals surface area contributed by atoms with Crippen LogP contribution in [0.25, 0.3) is 0 Å². The van der Waals surface area contributed by atoms with Gasteiger partial charge in [-0.3, -0.25) is 4.79 Å². The third-order valence-corrected chi connectivity index (χ3v) is 3.35. The van der Waals surface area contributed by atoms with E-state index in [0.29, 0.717) is 30.8 Å². The van der Waals surface area contributed by atoms with Crippen LogP contribution in [0.3, 0.4) is 0 Å². The molecule has 0 saturated carbocycles. The van der Waals surface area contributed by atoms with Gasteiger partial charge in [0, 0.05) is 17.8 Å². The minimum absolute atomic E-state index is 0.00540. The van der Waals surface area contributed by atoms with Crippen molar-refractivity contribution in [3.05, 3.63) is 29.1 Å². The standard InChI is InChI=1S/C14H17FN2O4/c1-2-21-13(18)7-16-12-4-3-11(15)10-8-17(14(19)20)6-5-9(10)12/h3-4,16H,2,5-8H2,1H3,(H,19,20). The largest absolute Gasteiger partial charge is 0.465 e. The topological polar surface area (TPSA) is 78.9 Å². The van der Waals surface area contributed by atoms with E-state index in [-0.39, 0.29) is 13.1 Å². The zero-order valence-electron chi connectivity index (χ0n) is 11.7. The molecule has 0 unspecified atom stereocenters. The Morgan fingerprint density at radius 1 is 1.43 bits per heavy atom. The van der Waals surface area contributed by atoms with Crippen molar-refractivity contribution < 1.29 is 23.8 Å². The average Bonchev–Trinajstić information content (AvgIpc) is 2.46. The highest BCUT2D eigenvalue weighted by molar-refractivity contribution is 5.76. The quantitative estimate of drug-likeness (QED) is 0.829. The Labute approximate surface area is 121 Å². The van der Waals surface area contributed by atoms with Gasteiger partial charge in [-0.2, -0.15) is 0 Å². The van der Waals surface area contributed by atoms with Crippen molar-refractivity contribution in [3.8, 4) is 0 Å². The normalized spacial score (nSPS) is 13.5. The number of benzene rings is 1. The maximum absolute atomic E-state index is 13.9. The van der Waals surface area contributed by atoms with Crippen LogP contribution in [-0.2, 0) is 22.5 Å². The first kappa shape index (κ1) is 15.1. The number of nitrogens with one attached hydrogen (secondary N) is 1. The number of carboxylic acid groups (broad SMARTS) is 1. The lowest BCUT2D eigenvalue weighted by atomic mass is 9.97. The van der Waals surface area contributed by atoms with E-state index in [4.69, 9.17) is 9.84 Å². The summed E-state index contributed by atoms with van der Waals surface area (Å²) in [5, 5.41) is 11.9. The van der Waals surface area contributed by atoms with Crippen LogP contribution in [0.4, 0.5) is 14.9 Å². The zero-order valence-corrected chi connectivity index (χ0v) is 11.7. The van der Waals surface area contributed by atoms with Crippen LogP contribution in [-0.4, -0.2) is 41.8 Å². The van der Waals surface area contributed by atoms with Crippen LogP contribution in [0, 0.1) is 5.82 Å². The number of fused-ring (bicyclic) bond motifs is 1. The third kappa shape index (κ3) is 3.42. The summed E-state index contributed by atoms with van der Waals surface area (Å²) in [5.74, 6) is -0.823. The number of esters is 1. The number of rotatable bonds is 4. The van der Waals surface area contributed by atoms with E-state index in [1.54, 1.807) is 13.0 Å². The summed E-state index contributed by atoms with van der Waals surface area (Å²) in [6.45, 7) is 2.34. The molecule has 0 radical (unpaired) electrons. The summed E-state index contributed by atoms with van der Waals surface area (Å²) in [6.07, 6.45) is -0.658. The number of carbonyl (C=O) groups is 2. The Bertz CT molecular complexity index is 562. The molecule has 6 nitrogen and oxygen atoms in total. The molecule has 1 aromatic rings.